The Labute approximate surface area is 698 Å². The van der Waals surface area contributed by atoms with Crippen molar-refractivity contribution in [3.63, 3.8) is 0 Å². The highest BCUT2D eigenvalue weighted by molar-refractivity contribution is 6.10. The predicted molar refractivity (Wildman–Crippen MR) is 490 cm³/mol. The second-order valence-corrected chi connectivity index (χ2v) is 29.6. The van der Waals surface area contributed by atoms with Crippen LogP contribution in [0.2, 0.25) is 0 Å². The van der Waals surface area contributed by atoms with Gasteiger partial charge in [0.2, 0.25) is 0 Å². The SMILES string of the molecule is CC=Cc1ccc(C)cc1.CC=Cc1ccc(C)cc1.Cc1ccc(C(=O)c2ccc(C)cc2)cc1.Cc1ccc(C(=O)c2cccc(C)c2)cc1.Cc1ccc(C(=O)c2cccc(C)c2)cc1.Cc1ccc(C(C)(C)c2ccc(C)cc2)cc1.Cc1cnc(C)cn1.Cc1cnc(C)cn1.Cc1cnc(C)nc1.Cc1cnc(C)nc1. The van der Waals surface area contributed by atoms with Crippen molar-refractivity contribution in [1.29, 1.82) is 0 Å². The van der Waals surface area contributed by atoms with Crippen molar-refractivity contribution in [2.45, 2.75) is 158 Å². The molecule has 600 valence electrons. The van der Waals surface area contributed by atoms with Crippen LogP contribution in [0.4, 0.5) is 0 Å². The van der Waals surface area contributed by atoms with E-state index in [9.17, 15) is 14.4 Å². The zero-order valence-electron chi connectivity index (χ0n) is 72.8. The summed E-state index contributed by atoms with van der Waals surface area (Å²) in [4.78, 5) is 68.2. The van der Waals surface area contributed by atoms with Gasteiger partial charge in [-0.1, -0.05) is 324 Å². The first-order valence-corrected chi connectivity index (χ1v) is 39.4. The van der Waals surface area contributed by atoms with Crippen LogP contribution < -0.4 is 0 Å². The molecule has 0 unspecified atom stereocenters. The quantitative estimate of drug-likeness (QED) is 0.120. The summed E-state index contributed by atoms with van der Waals surface area (Å²) < 4.78 is 0. The minimum Gasteiger partial charge on any atom is -0.289 e. The van der Waals surface area contributed by atoms with Crippen LogP contribution in [-0.2, 0) is 5.41 Å². The molecule has 0 saturated heterocycles. The highest BCUT2D eigenvalue weighted by Crippen LogP contribution is 2.32. The molecular weight excluding hydrogens is 1430 g/mol. The molecule has 14 aromatic rings. The van der Waals surface area contributed by atoms with E-state index in [2.05, 4.69) is 191 Å². The molecule has 14 rings (SSSR count). The first-order chi connectivity index (χ1) is 55.8. The third-order valence-corrected chi connectivity index (χ3v) is 17.9. The van der Waals surface area contributed by atoms with Gasteiger partial charge in [0, 0.05) is 88.4 Å². The van der Waals surface area contributed by atoms with Crippen molar-refractivity contribution in [2.75, 3.05) is 0 Å². The highest BCUT2D eigenvalue weighted by atomic mass is 16.1. The molecule has 0 amide bonds. The molecule has 0 saturated carbocycles. The molecule has 10 aromatic carbocycles. The summed E-state index contributed by atoms with van der Waals surface area (Å²) in [6.07, 6.45) is 22.6. The predicted octanol–water partition coefficient (Wildman–Crippen LogP) is 25.7. The lowest BCUT2D eigenvalue weighted by Gasteiger charge is -2.26. The van der Waals surface area contributed by atoms with E-state index in [-0.39, 0.29) is 22.8 Å². The van der Waals surface area contributed by atoms with Crippen molar-refractivity contribution in [1.82, 2.24) is 39.9 Å². The molecule has 0 atom stereocenters. The molecule has 0 aliphatic heterocycles. The normalized spacial score (nSPS) is 10.2. The van der Waals surface area contributed by atoms with Gasteiger partial charge >= 0.3 is 0 Å². The van der Waals surface area contributed by atoms with Gasteiger partial charge in [0.25, 0.3) is 0 Å². The van der Waals surface area contributed by atoms with Gasteiger partial charge in [-0.2, -0.15) is 0 Å². The number of hydrogen-bond donors (Lipinski definition) is 0. The molecule has 0 fully saturated rings. The number of carbonyl (C=O) groups excluding carboxylic acids is 3. The lowest BCUT2D eigenvalue weighted by molar-refractivity contribution is 0.103. The van der Waals surface area contributed by atoms with Crippen molar-refractivity contribution < 1.29 is 14.4 Å². The highest BCUT2D eigenvalue weighted by Gasteiger charge is 2.22. The number of benzene rings is 10. The van der Waals surface area contributed by atoms with Crippen LogP contribution in [0.1, 0.15) is 199 Å². The number of allylic oxidation sites excluding steroid dienone is 2. The van der Waals surface area contributed by atoms with Crippen LogP contribution in [0, 0.1) is 125 Å². The van der Waals surface area contributed by atoms with Crippen molar-refractivity contribution in [2.24, 2.45) is 0 Å². The van der Waals surface area contributed by atoms with Gasteiger partial charge in [-0.15, -0.1) is 0 Å². The second-order valence-electron chi connectivity index (χ2n) is 29.6. The Balaban J connectivity index is 0.000000235. The van der Waals surface area contributed by atoms with Gasteiger partial charge in [-0.3, -0.25) is 34.3 Å². The van der Waals surface area contributed by atoms with E-state index in [0.29, 0.717) is 0 Å². The third kappa shape index (κ3) is 36.8. The van der Waals surface area contributed by atoms with Gasteiger partial charge in [0.1, 0.15) is 11.6 Å². The van der Waals surface area contributed by atoms with Crippen molar-refractivity contribution >= 4 is 29.5 Å². The van der Waals surface area contributed by atoms with E-state index in [0.717, 1.165) is 90.1 Å². The topological polar surface area (TPSA) is 154 Å². The van der Waals surface area contributed by atoms with Crippen LogP contribution >= 0.6 is 0 Å². The largest absolute Gasteiger partial charge is 0.289 e. The minimum absolute atomic E-state index is 0.0708. The number of rotatable bonds is 10. The summed E-state index contributed by atoms with van der Waals surface area (Å²) in [5, 5.41) is 0. The maximum atomic E-state index is 12.1. The first kappa shape index (κ1) is 94.6. The molecule has 4 heterocycles. The van der Waals surface area contributed by atoms with Gasteiger partial charge in [0.15, 0.2) is 17.3 Å². The van der Waals surface area contributed by atoms with Gasteiger partial charge in [-0.05, 0) is 184 Å². The fraction of sp³-hybridized carbons (Fsp3) is 0.217. The first-order valence-electron chi connectivity index (χ1n) is 39.4. The zero-order chi connectivity index (χ0) is 85.8. The van der Waals surface area contributed by atoms with Crippen LogP contribution in [-0.4, -0.2) is 57.2 Å². The summed E-state index contributed by atoms with van der Waals surface area (Å²) in [5.41, 5.74) is 28.1. The molecule has 0 bridgehead atoms. The van der Waals surface area contributed by atoms with Gasteiger partial charge in [0.05, 0.1) is 22.8 Å². The summed E-state index contributed by atoms with van der Waals surface area (Å²) in [7, 11) is 0. The van der Waals surface area contributed by atoms with E-state index in [1.807, 2.05) is 293 Å². The van der Waals surface area contributed by atoms with Crippen molar-refractivity contribution in [3.8, 4) is 0 Å². The number of aromatic nitrogens is 8. The van der Waals surface area contributed by atoms with Crippen LogP contribution in [0.15, 0.2) is 304 Å². The molecular formula is C106H118N8O3. The molecule has 0 radical (unpaired) electrons. The number of ketones is 3. The van der Waals surface area contributed by atoms with Crippen LogP contribution in [0.3, 0.4) is 0 Å². The zero-order valence-corrected chi connectivity index (χ0v) is 72.8. The number of carbonyl (C=O) groups is 3. The molecule has 11 heteroatoms. The Hall–Kier alpha value is -13.0. The number of hydrogen-bond acceptors (Lipinski definition) is 11. The summed E-state index contributed by atoms with van der Waals surface area (Å²) in [6.45, 7) is 44.5. The van der Waals surface area contributed by atoms with E-state index in [1.165, 1.54) is 66.8 Å². The fourth-order valence-corrected chi connectivity index (χ4v) is 10.6. The molecule has 11 nitrogen and oxygen atoms in total. The smallest absolute Gasteiger partial charge is 0.193 e. The average Bonchev–Trinajstić information content (AvgIpc) is 0.730. The van der Waals surface area contributed by atoms with E-state index in [1.54, 1.807) is 24.8 Å². The molecule has 0 spiro atoms. The summed E-state index contributed by atoms with van der Waals surface area (Å²) in [6, 6.07) is 80.7. The number of aryl methyl sites for hydroxylation is 18. The second kappa shape index (κ2) is 50.3. The molecule has 0 aliphatic rings. The lowest BCUT2D eigenvalue weighted by Crippen LogP contribution is -2.18. The Bertz CT molecular complexity index is 4790. The van der Waals surface area contributed by atoms with Gasteiger partial charge < -0.3 is 0 Å². The van der Waals surface area contributed by atoms with E-state index in [4.69, 9.17) is 0 Å². The maximum absolute atomic E-state index is 12.1. The Morgan fingerprint density at radius 2 is 0.444 bits per heavy atom. The van der Waals surface area contributed by atoms with Crippen molar-refractivity contribution in [3.05, 3.63) is 461 Å². The summed E-state index contributed by atoms with van der Waals surface area (Å²) in [5.74, 6) is 1.92. The Morgan fingerprint density at radius 1 is 0.231 bits per heavy atom. The third-order valence-electron chi connectivity index (χ3n) is 17.9. The van der Waals surface area contributed by atoms with E-state index < -0.39 is 0 Å². The maximum Gasteiger partial charge on any atom is 0.193 e. The molecule has 0 N–H and O–H groups in total. The monoisotopic (exact) mass is 1550 g/mol. The fourth-order valence-electron chi connectivity index (χ4n) is 10.6. The average molecular weight is 1550 g/mol. The molecule has 4 aromatic heterocycles. The molecule has 0 aliphatic carbocycles. The Morgan fingerprint density at radius 3 is 0.650 bits per heavy atom. The molecule has 117 heavy (non-hydrogen) atoms. The van der Waals surface area contributed by atoms with Gasteiger partial charge in [-0.25, -0.2) is 19.9 Å². The summed E-state index contributed by atoms with van der Waals surface area (Å²) >= 11 is 0. The minimum atomic E-state index is 0.0708. The number of nitrogens with zero attached hydrogens (tertiary/aromatic N) is 8. The van der Waals surface area contributed by atoms with Crippen LogP contribution in [0.25, 0.3) is 12.2 Å². The lowest BCUT2D eigenvalue weighted by atomic mass is 9.78. The standard InChI is InChI=1S/C17H20.3C15H14O.2C10H12.4C6H8N2/c1-13-5-9-15(10-6-13)17(3,4)16-11-7-14(2)8-12-16;1-11-3-7-13(8-4-11)15(16)14-9-5-12(2)6-10-14;2*1-11-6-8-13(9-7-11)15(16)14-5-3-4-12(2)10-14;2*1-3-4-10-7-5-9(2)6-8-10;2*1-5-3-8-6(2)4-7-5;2*1-5-3-7-6(2)8-4-5/h5-12H,1-4H3;3*3-10H,1-2H3;2*3-8H,1-2H3;4*3-4H,1-2H3. The van der Waals surface area contributed by atoms with E-state index >= 15 is 0 Å². The van der Waals surface area contributed by atoms with Crippen LogP contribution in [0.5, 0.6) is 0 Å². The Kier molecular flexibility index (Phi) is 40.7.